The maximum Gasteiger partial charge on any atom is 0.233 e. The average molecular weight is 489 g/mol. The van der Waals surface area contributed by atoms with Crippen LogP contribution in [-0.2, 0) is 9.59 Å². The van der Waals surface area contributed by atoms with E-state index in [1.807, 2.05) is 48.4 Å². The molecule has 32 heavy (non-hydrogen) atoms. The lowest BCUT2D eigenvalue weighted by atomic mass is 9.96. The molecule has 0 spiro atoms. The van der Waals surface area contributed by atoms with Gasteiger partial charge in [0, 0.05) is 30.1 Å². The van der Waals surface area contributed by atoms with Gasteiger partial charge in [-0.1, -0.05) is 35.2 Å². The number of thioether (sulfide) groups is 1. The number of carbonyl (C=O) groups excluding carboxylic acids is 2. The molecule has 1 aliphatic rings. The van der Waals surface area contributed by atoms with Gasteiger partial charge in [0.25, 0.3) is 0 Å². The third kappa shape index (κ3) is 6.05. The summed E-state index contributed by atoms with van der Waals surface area (Å²) in [5, 5.41) is 17.7. The number of carbonyl (C=O) groups is 2. The molecule has 0 saturated carbocycles. The topological polar surface area (TPSA) is 100 Å². The summed E-state index contributed by atoms with van der Waals surface area (Å²) in [5.74, 6) is 0.277. The van der Waals surface area contributed by atoms with Crippen LogP contribution in [0.3, 0.4) is 0 Å². The van der Waals surface area contributed by atoms with Gasteiger partial charge in [0.05, 0.1) is 11.4 Å². The first-order valence-electron chi connectivity index (χ1n) is 10.3. The van der Waals surface area contributed by atoms with Crippen LogP contribution in [0.4, 0.5) is 16.0 Å². The van der Waals surface area contributed by atoms with Crippen molar-refractivity contribution in [1.82, 2.24) is 20.1 Å². The van der Waals surface area contributed by atoms with E-state index in [0.29, 0.717) is 41.9 Å². The van der Waals surface area contributed by atoms with Crippen molar-refractivity contribution in [3.8, 4) is 0 Å². The predicted octanol–water partition coefficient (Wildman–Crippen LogP) is 4.32. The molecule has 11 heteroatoms. The lowest BCUT2D eigenvalue weighted by molar-refractivity contribution is -0.132. The van der Waals surface area contributed by atoms with Crippen molar-refractivity contribution >= 4 is 62.2 Å². The largest absolute Gasteiger partial charge is 0.342 e. The summed E-state index contributed by atoms with van der Waals surface area (Å²) in [5.41, 5.74) is 3.03. The summed E-state index contributed by atoms with van der Waals surface area (Å²) in [6, 6.07) is 8.04. The van der Waals surface area contributed by atoms with Gasteiger partial charge in [-0.05, 0) is 44.4 Å². The Morgan fingerprint density at radius 1 is 1.19 bits per heavy atom. The molecule has 168 valence electrons. The highest BCUT2D eigenvalue weighted by Gasteiger charge is 2.28. The Kier molecular flexibility index (Phi) is 7.38. The maximum absolute atomic E-state index is 12.6. The molecule has 2 amide bonds. The fourth-order valence-electron chi connectivity index (χ4n) is 3.39. The van der Waals surface area contributed by atoms with Gasteiger partial charge in [-0.15, -0.1) is 21.5 Å². The van der Waals surface area contributed by atoms with Crippen molar-refractivity contribution in [2.45, 2.75) is 31.0 Å². The van der Waals surface area contributed by atoms with Crippen LogP contribution in [0, 0.1) is 19.8 Å². The number of aryl methyl sites for hydroxylation is 2. The fourth-order valence-corrected chi connectivity index (χ4v) is 5.76. The van der Waals surface area contributed by atoms with Crippen LogP contribution in [-0.4, -0.2) is 50.7 Å². The van der Waals surface area contributed by atoms with Crippen LogP contribution in [0.1, 0.15) is 24.1 Å². The van der Waals surface area contributed by atoms with E-state index < -0.39 is 0 Å². The molecule has 3 heterocycles. The lowest BCUT2D eigenvalue weighted by Crippen LogP contribution is -2.42. The van der Waals surface area contributed by atoms with Crippen molar-refractivity contribution in [2.24, 2.45) is 5.92 Å². The Bertz CT molecular complexity index is 1090. The second-order valence-electron chi connectivity index (χ2n) is 7.59. The highest BCUT2D eigenvalue weighted by molar-refractivity contribution is 8.01. The number of nitrogens with zero attached hydrogens (tertiary/aromatic N) is 4. The molecule has 0 aliphatic carbocycles. The van der Waals surface area contributed by atoms with E-state index in [0.717, 1.165) is 15.7 Å². The van der Waals surface area contributed by atoms with Gasteiger partial charge in [0.15, 0.2) is 9.47 Å². The summed E-state index contributed by atoms with van der Waals surface area (Å²) >= 11 is 4.26. The third-order valence-corrected chi connectivity index (χ3v) is 7.89. The molecule has 1 fully saturated rings. The van der Waals surface area contributed by atoms with Gasteiger partial charge in [-0.3, -0.25) is 9.59 Å². The predicted molar refractivity (Wildman–Crippen MR) is 130 cm³/mol. The van der Waals surface area contributed by atoms with E-state index in [4.69, 9.17) is 0 Å². The minimum absolute atomic E-state index is 0.0108. The number of likely N-dealkylation sites (tertiary alicyclic amines) is 1. The van der Waals surface area contributed by atoms with Gasteiger partial charge in [0.2, 0.25) is 16.9 Å². The normalized spacial score (nSPS) is 14.4. The van der Waals surface area contributed by atoms with Gasteiger partial charge in [-0.2, -0.15) is 0 Å². The van der Waals surface area contributed by atoms with Crippen molar-refractivity contribution < 1.29 is 9.59 Å². The summed E-state index contributed by atoms with van der Waals surface area (Å²) in [6.45, 7) is 5.11. The molecule has 2 aromatic heterocycles. The second-order valence-corrected chi connectivity index (χ2v) is 10.7. The molecule has 1 aromatic carbocycles. The number of hydrogen-bond acceptors (Lipinski definition) is 9. The smallest absolute Gasteiger partial charge is 0.233 e. The van der Waals surface area contributed by atoms with Gasteiger partial charge < -0.3 is 15.5 Å². The van der Waals surface area contributed by atoms with Crippen molar-refractivity contribution in [1.29, 1.82) is 0 Å². The van der Waals surface area contributed by atoms with Gasteiger partial charge in [-0.25, -0.2) is 4.98 Å². The van der Waals surface area contributed by atoms with Crippen LogP contribution in [0.5, 0.6) is 0 Å². The molecule has 1 saturated heterocycles. The number of hydrogen-bond donors (Lipinski definition) is 2. The van der Waals surface area contributed by atoms with Crippen molar-refractivity contribution in [3.63, 3.8) is 0 Å². The Balaban J connectivity index is 1.21. The average Bonchev–Trinajstić information content (AvgIpc) is 3.40. The van der Waals surface area contributed by atoms with Crippen LogP contribution >= 0.6 is 34.4 Å². The number of thiazole rings is 1. The molecular weight excluding hydrogens is 464 g/mol. The molecule has 8 nitrogen and oxygen atoms in total. The summed E-state index contributed by atoms with van der Waals surface area (Å²) < 4.78 is 0.751. The molecule has 4 rings (SSSR count). The highest BCUT2D eigenvalue weighted by atomic mass is 32.2. The number of rotatable bonds is 7. The zero-order chi connectivity index (χ0) is 22.5. The summed E-state index contributed by atoms with van der Waals surface area (Å²) in [7, 11) is 0. The monoisotopic (exact) mass is 488 g/mol. The molecule has 1 aliphatic heterocycles. The molecular formula is C21H24N6O2S3. The summed E-state index contributed by atoms with van der Waals surface area (Å²) in [4.78, 5) is 31.2. The highest BCUT2D eigenvalue weighted by Crippen LogP contribution is 2.29. The Labute approximate surface area is 198 Å². The van der Waals surface area contributed by atoms with Crippen LogP contribution in [0.2, 0.25) is 0 Å². The summed E-state index contributed by atoms with van der Waals surface area (Å²) in [6.07, 6.45) is 1.33. The minimum atomic E-state index is -0.0886. The number of anilines is 3. The zero-order valence-electron chi connectivity index (χ0n) is 17.8. The molecule has 0 radical (unpaired) electrons. The second kappa shape index (κ2) is 10.4. The first kappa shape index (κ1) is 22.7. The third-order valence-electron chi connectivity index (χ3n) is 5.06. The SMILES string of the molecule is Cc1cccc(Nc2nnc(SCC(=O)N3CCC(C(=O)Nc4nc(C)cs4)CC3)s2)c1. The fraction of sp³-hybridized carbons (Fsp3) is 0.381. The first-order chi connectivity index (χ1) is 15.5. The Morgan fingerprint density at radius 3 is 2.72 bits per heavy atom. The van der Waals surface area contributed by atoms with E-state index in [-0.39, 0.29) is 17.7 Å². The number of piperidine rings is 1. The van der Waals surface area contributed by atoms with Crippen LogP contribution in [0.15, 0.2) is 34.0 Å². The standard InChI is InChI=1S/C21H24N6O2S3/c1-13-4-3-5-16(10-13)23-20-25-26-21(32-20)31-12-17(28)27-8-6-15(7-9-27)18(29)24-19-22-14(2)11-30-19/h3-5,10-11,15H,6-9,12H2,1-2H3,(H,23,25)(H,22,24,29). The van der Waals surface area contributed by atoms with E-state index in [9.17, 15) is 9.59 Å². The number of amides is 2. The number of nitrogens with one attached hydrogen (secondary N) is 2. The maximum atomic E-state index is 12.6. The Hall–Kier alpha value is -2.50. The molecule has 3 aromatic rings. The molecule has 0 atom stereocenters. The minimum Gasteiger partial charge on any atom is -0.342 e. The van der Waals surface area contributed by atoms with E-state index in [2.05, 4.69) is 25.8 Å². The van der Waals surface area contributed by atoms with Crippen molar-refractivity contribution in [3.05, 3.63) is 40.9 Å². The first-order valence-corrected chi connectivity index (χ1v) is 13.0. The molecule has 0 unspecified atom stereocenters. The Morgan fingerprint density at radius 2 is 2.00 bits per heavy atom. The van der Waals surface area contributed by atoms with E-state index >= 15 is 0 Å². The van der Waals surface area contributed by atoms with Crippen LogP contribution < -0.4 is 10.6 Å². The number of aromatic nitrogens is 3. The van der Waals surface area contributed by atoms with Crippen LogP contribution in [0.25, 0.3) is 0 Å². The van der Waals surface area contributed by atoms with Crippen molar-refractivity contribution in [2.75, 3.05) is 29.5 Å². The molecule has 0 bridgehead atoms. The van der Waals surface area contributed by atoms with E-state index in [1.54, 1.807) is 0 Å². The quantitative estimate of drug-likeness (QED) is 0.478. The van der Waals surface area contributed by atoms with Gasteiger partial charge >= 0.3 is 0 Å². The van der Waals surface area contributed by atoms with Gasteiger partial charge in [0.1, 0.15) is 0 Å². The number of benzene rings is 1. The van der Waals surface area contributed by atoms with E-state index in [1.165, 1.54) is 40.0 Å². The molecule has 2 N–H and O–H groups in total. The lowest BCUT2D eigenvalue weighted by Gasteiger charge is -2.31. The zero-order valence-corrected chi connectivity index (χ0v) is 20.3.